The summed E-state index contributed by atoms with van der Waals surface area (Å²) in [7, 11) is 0. The van der Waals surface area contributed by atoms with Gasteiger partial charge in [-0.25, -0.2) is 4.39 Å². The summed E-state index contributed by atoms with van der Waals surface area (Å²) in [5.41, 5.74) is 3.51. The Hall–Kier alpha value is -2.03. The third kappa shape index (κ3) is 2.05. The first-order valence-electron chi connectivity index (χ1n) is 6.49. The van der Waals surface area contributed by atoms with E-state index >= 15 is 0 Å². The molecular formula is C16H16FNO. The van der Waals surface area contributed by atoms with Gasteiger partial charge in [0.1, 0.15) is 11.6 Å². The van der Waals surface area contributed by atoms with Gasteiger partial charge in [-0.2, -0.15) is 0 Å². The first-order chi connectivity index (χ1) is 9.16. The molecule has 3 heteroatoms. The van der Waals surface area contributed by atoms with Crippen LogP contribution in [-0.2, 0) is 6.42 Å². The van der Waals surface area contributed by atoms with Crippen LogP contribution >= 0.6 is 0 Å². The highest BCUT2D eigenvalue weighted by molar-refractivity contribution is 5.55. The number of rotatable bonds is 2. The van der Waals surface area contributed by atoms with Crippen LogP contribution in [0.1, 0.15) is 29.2 Å². The van der Waals surface area contributed by atoms with E-state index in [2.05, 4.69) is 5.32 Å². The molecule has 1 atom stereocenters. The van der Waals surface area contributed by atoms with E-state index in [4.69, 9.17) is 0 Å². The molecule has 0 saturated carbocycles. The van der Waals surface area contributed by atoms with Crippen molar-refractivity contribution in [3.05, 3.63) is 58.9 Å². The van der Waals surface area contributed by atoms with Crippen molar-refractivity contribution in [2.45, 2.75) is 25.8 Å². The number of aryl methyl sites for hydroxylation is 1. The molecule has 1 unspecified atom stereocenters. The molecule has 3 rings (SSSR count). The molecule has 98 valence electrons. The van der Waals surface area contributed by atoms with Crippen LogP contribution in [0.15, 0.2) is 36.4 Å². The largest absolute Gasteiger partial charge is 0.508 e. The quantitative estimate of drug-likeness (QED) is 0.854. The van der Waals surface area contributed by atoms with Gasteiger partial charge in [0.2, 0.25) is 0 Å². The van der Waals surface area contributed by atoms with Gasteiger partial charge in [0.25, 0.3) is 0 Å². The second-order valence-corrected chi connectivity index (χ2v) is 5.01. The average Bonchev–Trinajstić information content (AvgIpc) is 2.79. The van der Waals surface area contributed by atoms with Gasteiger partial charge in [-0.05, 0) is 48.6 Å². The molecular weight excluding hydrogens is 241 g/mol. The van der Waals surface area contributed by atoms with Gasteiger partial charge in [0.05, 0.1) is 11.7 Å². The van der Waals surface area contributed by atoms with Crippen LogP contribution in [0.25, 0.3) is 0 Å². The standard InChI is InChI=1S/C16H16FNO/c1-10-4-2-6-13(17)16(10)18-14-9-8-12-11(14)5-3-7-15(12)19/h2-7,14,18-19H,8-9H2,1H3. The van der Waals surface area contributed by atoms with Crippen LogP contribution in [0.3, 0.4) is 0 Å². The van der Waals surface area contributed by atoms with Crippen molar-refractivity contribution in [2.75, 3.05) is 5.32 Å². The second kappa shape index (κ2) is 4.57. The number of para-hydroxylation sites is 1. The number of hydrogen-bond donors (Lipinski definition) is 2. The van der Waals surface area contributed by atoms with Gasteiger partial charge in [0.15, 0.2) is 0 Å². The Labute approximate surface area is 111 Å². The molecule has 2 nitrogen and oxygen atoms in total. The molecule has 0 spiro atoms. The maximum absolute atomic E-state index is 13.8. The number of fused-ring (bicyclic) bond motifs is 1. The molecule has 0 heterocycles. The van der Waals surface area contributed by atoms with Gasteiger partial charge >= 0.3 is 0 Å². The summed E-state index contributed by atoms with van der Waals surface area (Å²) < 4.78 is 13.8. The number of nitrogens with one attached hydrogen (secondary N) is 1. The Morgan fingerprint density at radius 1 is 1.21 bits per heavy atom. The fraction of sp³-hybridized carbons (Fsp3) is 0.250. The smallest absolute Gasteiger partial charge is 0.146 e. The average molecular weight is 257 g/mol. The van der Waals surface area contributed by atoms with Gasteiger partial charge in [-0.15, -0.1) is 0 Å². The second-order valence-electron chi connectivity index (χ2n) is 5.01. The molecule has 19 heavy (non-hydrogen) atoms. The zero-order chi connectivity index (χ0) is 13.4. The zero-order valence-corrected chi connectivity index (χ0v) is 10.8. The topological polar surface area (TPSA) is 32.3 Å². The summed E-state index contributed by atoms with van der Waals surface area (Å²) in [5, 5.41) is 13.1. The normalized spacial score (nSPS) is 17.3. The van der Waals surface area contributed by atoms with Crippen molar-refractivity contribution >= 4 is 5.69 Å². The van der Waals surface area contributed by atoms with E-state index in [1.54, 1.807) is 12.1 Å². The molecule has 0 amide bonds. The first-order valence-corrected chi connectivity index (χ1v) is 6.49. The predicted molar refractivity (Wildman–Crippen MR) is 73.9 cm³/mol. The summed E-state index contributed by atoms with van der Waals surface area (Å²) >= 11 is 0. The Morgan fingerprint density at radius 3 is 2.79 bits per heavy atom. The molecule has 2 N–H and O–H groups in total. The fourth-order valence-corrected chi connectivity index (χ4v) is 2.77. The van der Waals surface area contributed by atoms with Gasteiger partial charge in [-0.1, -0.05) is 24.3 Å². The lowest BCUT2D eigenvalue weighted by Crippen LogP contribution is -2.09. The Morgan fingerprint density at radius 2 is 2.00 bits per heavy atom. The molecule has 0 aliphatic heterocycles. The lowest BCUT2D eigenvalue weighted by atomic mass is 10.1. The molecule has 1 aliphatic carbocycles. The molecule has 0 aromatic heterocycles. The Balaban J connectivity index is 1.93. The number of benzene rings is 2. The predicted octanol–water partition coefficient (Wildman–Crippen LogP) is 3.94. The molecule has 2 aromatic rings. The van der Waals surface area contributed by atoms with E-state index in [1.165, 1.54) is 6.07 Å². The first kappa shape index (κ1) is 12.0. The van der Waals surface area contributed by atoms with Crippen molar-refractivity contribution < 1.29 is 9.50 Å². The van der Waals surface area contributed by atoms with Crippen molar-refractivity contribution in [1.82, 2.24) is 0 Å². The molecule has 0 bridgehead atoms. The van der Waals surface area contributed by atoms with Crippen molar-refractivity contribution in [3.63, 3.8) is 0 Å². The van der Waals surface area contributed by atoms with Crippen LogP contribution in [0.2, 0.25) is 0 Å². The van der Waals surface area contributed by atoms with Crippen molar-refractivity contribution in [1.29, 1.82) is 0 Å². The number of anilines is 1. The van der Waals surface area contributed by atoms with E-state index in [-0.39, 0.29) is 11.9 Å². The van der Waals surface area contributed by atoms with Gasteiger partial charge in [-0.3, -0.25) is 0 Å². The minimum atomic E-state index is -0.228. The van der Waals surface area contributed by atoms with E-state index in [9.17, 15) is 9.50 Å². The molecule has 2 aromatic carbocycles. The summed E-state index contributed by atoms with van der Waals surface area (Å²) in [6.07, 6.45) is 1.70. The van der Waals surface area contributed by atoms with E-state index in [0.29, 0.717) is 11.4 Å². The third-order valence-electron chi connectivity index (χ3n) is 3.79. The molecule has 0 saturated heterocycles. The van der Waals surface area contributed by atoms with Gasteiger partial charge < -0.3 is 10.4 Å². The molecule has 0 radical (unpaired) electrons. The zero-order valence-electron chi connectivity index (χ0n) is 10.8. The summed E-state index contributed by atoms with van der Waals surface area (Å²) in [6, 6.07) is 10.7. The summed E-state index contributed by atoms with van der Waals surface area (Å²) in [6.45, 7) is 1.89. The minimum absolute atomic E-state index is 0.0673. The van der Waals surface area contributed by atoms with Crippen LogP contribution in [0.4, 0.5) is 10.1 Å². The van der Waals surface area contributed by atoms with E-state index in [0.717, 1.165) is 29.5 Å². The highest BCUT2D eigenvalue weighted by atomic mass is 19.1. The SMILES string of the molecule is Cc1cccc(F)c1NC1CCc2c(O)cccc21. The number of phenolic OH excluding ortho intramolecular Hbond substituents is 1. The van der Waals surface area contributed by atoms with Crippen molar-refractivity contribution in [3.8, 4) is 5.75 Å². The highest BCUT2D eigenvalue weighted by Crippen LogP contribution is 2.38. The lowest BCUT2D eigenvalue weighted by Gasteiger charge is -2.18. The lowest BCUT2D eigenvalue weighted by molar-refractivity contribution is 0.469. The Kier molecular flexibility index (Phi) is 2.90. The number of halogens is 1. The summed E-state index contributed by atoms with van der Waals surface area (Å²) in [5.74, 6) is 0.112. The van der Waals surface area contributed by atoms with Crippen LogP contribution in [0, 0.1) is 12.7 Å². The third-order valence-corrected chi connectivity index (χ3v) is 3.79. The van der Waals surface area contributed by atoms with Crippen LogP contribution in [0.5, 0.6) is 5.75 Å². The van der Waals surface area contributed by atoms with Crippen LogP contribution < -0.4 is 5.32 Å². The maximum Gasteiger partial charge on any atom is 0.146 e. The van der Waals surface area contributed by atoms with Crippen molar-refractivity contribution in [2.24, 2.45) is 0 Å². The summed E-state index contributed by atoms with van der Waals surface area (Å²) in [4.78, 5) is 0. The number of aromatic hydroxyl groups is 1. The monoisotopic (exact) mass is 257 g/mol. The van der Waals surface area contributed by atoms with Gasteiger partial charge in [0, 0.05) is 0 Å². The van der Waals surface area contributed by atoms with E-state index < -0.39 is 0 Å². The maximum atomic E-state index is 13.8. The Bertz CT molecular complexity index is 604. The number of hydrogen-bond acceptors (Lipinski definition) is 2. The number of phenols is 1. The minimum Gasteiger partial charge on any atom is -0.508 e. The molecule has 0 fully saturated rings. The van der Waals surface area contributed by atoms with E-state index in [1.807, 2.05) is 25.1 Å². The fourth-order valence-electron chi connectivity index (χ4n) is 2.77. The van der Waals surface area contributed by atoms with Crippen LogP contribution in [-0.4, -0.2) is 5.11 Å². The highest BCUT2D eigenvalue weighted by Gasteiger charge is 2.25. The molecule has 1 aliphatic rings.